The number of nitrogens with one attached hydrogen (secondary N) is 2. The van der Waals surface area contributed by atoms with Crippen LogP contribution in [0.15, 0.2) is 45.7 Å². The summed E-state index contributed by atoms with van der Waals surface area (Å²) >= 11 is 7.56. The molecule has 0 fully saturated rings. The third-order valence-corrected chi connectivity index (χ3v) is 5.03. The first-order chi connectivity index (χ1) is 13.4. The fourth-order valence-electron chi connectivity index (χ4n) is 2.49. The Kier molecular flexibility index (Phi) is 8.20. The maximum absolute atomic E-state index is 13.3. The molecule has 0 saturated carbocycles. The average molecular weight is 423 g/mol. The van der Waals surface area contributed by atoms with E-state index in [-0.39, 0.29) is 18.4 Å². The largest absolute Gasteiger partial charge is 0.459 e. The lowest BCUT2D eigenvalue weighted by Gasteiger charge is -2.09. The number of furan rings is 1. The summed E-state index contributed by atoms with van der Waals surface area (Å²) in [5.41, 5.74) is 2.05. The maximum atomic E-state index is 13.3. The Morgan fingerprint density at radius 2 is 1.93 bits per heavy atom. The van der Waals surface area contributed by atoms with Crippen molar-refractivity contribution in [3.63, 3.8) is 0 Å². The van der Waals surface area contributed by atoms with Crippen LogP contribution in [0.3, 0.4) is 0 Å². The van der Waals surface area contributed by atoms with Crippen molar-refractivity contribution in [1.82, 2.24) is 5.32 Å². The molecule has 1 aromatic heterocycles. The predicted molar refractivity (Wildman–Crippen MR) is 116 cm³/mol. The van der Waals surface area contributed by atoms with Gasteiger partial charge in [-0.05, 0) is 49.6 Å². The number of benzene rings is 2. The number of urea groups is 1. The van der Waals surface area contributed by atoms with E-state index in [2.05, 4.69) is 24.5 Å². The zero-order valence-corrected chi connectivity index (χ0v) is 17.9. The van der Waals surface area contributed by atoms with Crippen LogP contribution in [-0.4, -0.2) is 12.3 Å². The number of carbonyl (C=O) groups excluding carboxylic acids is 1. The van der Waals surface area contributed by atoms with Crippen LogP contribution in [0.1, 0.15) is 31.6 Å². The SMILES string of the molecule is CCC.CSc1cc(NC(=O)NCc2oc3ccc(F)cc3c2C)ccc1Cl. The molecule has 28 heavy (non-hydrogen) atoms. The van der Waals surface area contributed by atoms with E-state index in [1.165, 1.54) is 30.3 Å². The van der Waals surface area contributed by atoms with Gasteiger partial charge in [0.25, 0.3) is 0 Å². The molecular weight excluding hydrogens is 399 g/mol. The number of halogens is 2. The second-order valence-corrected chi connectivity index (χ2v) is 7.41. The Bertz CT molecular complexity index is 959. The molecule has 4 nitrogen and oxygen atoms in total. The minimum atomic E-state index is -0.361. The van der Waals surface area contributed by atoms with Gasteiger partial charge in [0.15, 0.2) is 0 Å². The monoisotopic (exact) mass is 422 g/mol. The highest BCUT2D eigenvalue weighted by Gasteiger charge is 2.12. The van der Waals surface area contributed by atoms with E-state index in [0.29, 0.717) is 27.4 Å². The van der Waals surface area contributed by atoms with E-state index in [0.717, 1.165) is 10.5 Å². The van der Waals surface area contributed by atoms with Gasteiger partial charge in [0.05, 0.1) is 11.6 Å². The molecule has 0 spiro atoms. The molecule has 0 unspecified atom stereocenters. The molecule has 2 amide bonds. The van der Waals surface area contributed by atoms with Crippen LogP contribution < -0.4 is 10.6 Å². The highest BCUT2D eigenvalue weighted by molar-refractivity contribution is 7.98. The van der Waals surface area contributed by atoms with Gasteiger partial charge in [-0.15, -0.1) is 11.8 Å². The molecule has 0 atom stereocenters. The van der Waals surface area contributed by atoms with Crippen molar-refractivity contribution in [1.29, 1.82) is 0 Å². The second-order valence-electron chi connectivity index (χ2n) is 6.15. The van der Waals surface area contributed by atoms with Gasteiger partial charge in [-0.1, -0.05) is 31.9 Å². The fourth-order valence-corrected chi connectivity index (χ4v) is 3.34. The first-order valence-electron chi connectivity index (χ1n) is 8.95. The standard InChI is InChI=1S/C18H16ClFN2O2S.C3H8/c1-10-13-7-11(20)3-6-15(13)24-16(10)9-21-18(23)22-12-4-5-14(19)17(8-12)25-2;1-3-2/h3-8H,9H2,1-2H3,(H2,21,22,23);3H2,1-2H3. The van der Waals surface area contributed by atoms with Crippen molar-refractivity contribution >= 4 is 46.1 Å². The summed E-state index contributed by atoms with van der Waals surface area (Å²) in [4.78, 5) is 13.0. The highest BCUT2D eigenvalue weighted by atomic mass is 35.5. The van der Waals surface area contributed by atoms with Crippen LogP contribution in [0.2, 0.25) is 5.02 Å². The third-order valence-electron chi connectivity index (χ3n) is 3.82. The molecule has 0 aliphatic rings. The Morgan fingerprint density at radius 3 is 2.61 bits per heavy atom. The minimum Gasteiger partial charge on any atom is -0.459 e. The summed E-state index contributed by atoms with van der Waals surface area (Å²) in [6.45, 7) is 6.29. The van der Waals surface area contributed by atoms with Gasteiger partial charge >= 0.3 is 6.03 Å². The van der Waals surface area contributed by atoms with E-state index in [4.69, 9.17) is 16.0 Å². The third kappa shape index (κ3) is 5.66. The Hall–Kier alpha value is -2.18. The first kappa shape index (κ1) is 22.1. The van der Waals surface area contributed by atoms with Crippen molar-refractivity contribution in [2.75, 3.05) is 11.6 Å². The van der Waals surface area contributed by atoms with Crippen LogP contribution in [-0.2, 0) is 6.54 Å². The van der Waals surface area contributed by atoms with E-state index in [1.54, 1.807) is 18.2 Å². The van der Waals surface area contributed by atoms with Gasteiger partial charge in [-0.25, -0.2) is 9.18 Å². The van der Waals surface area contributed by atoms with Gasteiger partial charge < -0.3 is 15.1 Å². The van der Waals surface area contributed by atoms with E-state index < -0.39 is 0 Å². The van der Waals surface area contributed by atoms with E-state index >= 15 is 0 Å². The predicted octanol–water partition coefficient (Wildman–Crippen LogP) is 6.99. The molecule has 150 valence electrons. The number of rotatable bonds is 4. The lowest BCUT2D eigenvalue weighted by Crippen LogP contribution is -2.28. The Balaban J connectivity index is 0.000000878. The summed E-state index contributed by atoms with van der Waals surface area (Å²) in [6.07, 6.45) is 3.16. The highest BCUT2D eigenvalue weighted by Crippen LogP contribution is 2.28. The van der Waals surface area contributed by atoms with Crippen LogP contribution in [0.5, 0.6) is 0 Å². The van der Waals surface area contributed by atoms with Gasteiger partial charge in [-0.2, -0.15) is 0 Å². The summed E-state index contributed by atoms with van der Waals surface area (Å²) < 4.78 is 19.0. The number of hydrogen-bond donors (Lipinski definition) is 2. The molecule has 2 aromatic carbocycles. The number of aryl methyl sites for hydroxylation is 1. The fraction of sp³-hybridized carbons (Fsp3) is 0.286. The molecule has 2 N–H and O–H groups in total. The maximum Gasteiger partial charge on any atom is 0.319 e. The van der Waals surface area contributed by atoms with Gasteiger partial charge in [0.2, 0.25) is 0 Å². The zero-order chi connectivity index (χ0) is 20.7. The summed E-state index contributed by atoms with van der Waals surface area (Å²) in [5.74, 6) is 0.276. The topological polar surface area (TPSA) is 54.3 Å². The summed E-state index contributed by atoms with van der Waals surface area (Å²) in [5, 5.41) is 6.84. The molecule has 0 radical (unpaired) electrons. The molecule has 7 heteroatoms. The smallest absolute Gasteiger partial charge is 0.319 e. The first-order valence-corrected chi connectivity index (χ1v) is 10.6. The molecule has 1 heterocycles. The Labute approximate surface area is 173 Å². The normalized spacial score (nSPS) is 10.4. The number of anilines is 1. The van der Waals surface area contributed by atoms with Crippen molar-refractivity contribution in [2.45, 2.75) is 38.6 Å². The number of hydrogen-bond acceptors (Lipinski definition) is 3. The lowest BCUT2D eigenvalue weighted by atomic mass is 10.1. The minimum absolute atomic E-state index is 0.205. The van der Waals surface area contributed by atoms with Crippen molar-refractivity contribution in [3.8, 4) is 0 Å². The molecule has 3 aromatic rings. The van der Waals surface area contributed by atoms with Crippen LogP contribution in [0.25, 0.3) is 11.0 Å². The van der Waals surface area contributed by atoms with Crippen molar-refractivity contribution in [2.24, 2.45) is 0 Å². The number of fused-ring (bicyclic) bond motifs is 1. The molecule has 0 saturated heterocycles. The quantitative estimate of drug-likeness (QED) is 0.445. The van der Waals surface area contributed by atoms with E-state index in [9.17, 15) is 9.18 Å². The number of thioether (sulfide) groups is 1. The summed E-state index contributed by atoms with van der Waals surface area (Å²) in [6, 6.07) is 9.27. The lowest BCUT2D eigenvalue weighted by molar-refractivity contribution is 0.251. The van der Waals surface area contributed by atoms with Crippen molar-refractivity contribution < 1.29 is 13.6 Å². The molecule has 3 rings (SSSR count). The van der Waals surface area contributed by atoms with Crippen LogP contribution in [0.4, 0.5) is 14.9 Å². The Morgan fingerprint density at radius 1 is 1.21 bits per heavy atom. The van der Waals surface area contributed by atoms with Crippen LogP contribution >= 0.6 is 23.4 Å². The number of carbonyl (C=O) groups is 1. The van der Waals surface area contributed by atoms with Gasteiger partial charge in [0.1, 0.15) is 17.2 Å². The molecule has 0 aliphatic carbocycles. The van der Waals surface area contributed by atoms with Crippen LogP contribution in [0, 0.1) is 12.7 Å². The number of amides is 2. The zero-order valence-electron chi connectivity index (χ0n) is 16.4. The second kappa shape index (κ2) is 10.4. The van der Waals surface area contributed by atoms with Crippen molar-refractivity contribution in [3.05, 3.63) is 58.6 Å². The molecule has 0 aliphatic heterocycles. The average Bonchev–Trinajstić information content (AvgIpc) is 2.98. The summed E-state index contributed by atoms with van der Waals surface area (Å²) in [7, 11) is 0. The van der Waals surface area contributed by atoms with Gasteiger partial charge in [-0.3, -0.25) is 0 Å². The molecule has 0 bridgehead atoms. The van der Waals surface area contributed by atoms with E-state index in [1.807, 2.05) is 19.2 Å². The van der Waals surface area contributed by atoms with Gasteiger partial charge in [0, 0.05) is 21.5 Å². The molecular formula is C21H24ClFN2O2S.